The van der Waals surface area contributed by atoms with E-state index >= 15 is 0 Å². The summed E-state index contributed by atoms with van der Waals surface area (Å²) in [7, 11) is 0. The molecule has 6 heteroatoms. The second kappa shape index (κ2) is 5.36. The summed E-state index contributed by atoms with van der Waals surface area (Å²) in [5.41, 5.74) is 5.84. The standard InChI is InChI=1S/C13H11F2NO2S/c1-7-11(16)5-12(19-7)13(17)18-6-8-9(14)3-2-4-10(8)15/h2-5H,6,16H2,1H3. The Hall–Kier alpha value is -1.95. The second-order valence-electron chi connectivity index (χ2n) is 3.90. The Morgan fingerprint density at radius 3 is 2.53 bits per heavy atom. The third-order valence-electron chi connectivity index (χ3n) is 2.57. The molecule has 3 nitrogen and oxygen atoms in total. The van der Waals surface area contributed by atoms with Gasteiger partial charge in [-0.15, -0.1) is 11.3 Å². The minimum absolute atomic E-state index is 0.267. The van der Waals surface area contributed by atoms with Crippen molar-refractivity contribution in [2.45, 2.75) is 13.5 Å². The van der Waals surface area contributed by atoms with Crippen molar-refractivity contribution < 1.29 is 18.3 Å². The molecule has 1 aromatic carbocycles. The highest BCUT2D eigenvalue weighted by atomic mass is 32.1. The molecule has 0 aliphatic heterocycles. The maximum atomic E-state index is 13.3. The molecule has 1 heterocycles. The Balaban J connectivity index is 2.08. The van der Waals surface area contributed by atoms with Crippen LogP contribution < -0.4 is 5.73 Å². The summed E-state index contributed by atoms with van der Waals surface area (Å²) >= 11 is 1.18. The normalized spacial score (nSPS) is 10.5. The van der Waals surface area contributed by atoms with Crippen LogP contribution in [0.4, 0.5) is 14.5 Å². The van der Waals surface area contributed by atoms with Crippen LogP contribution in [0, 0.1) is 18.6 Å². The monoisotopic (exact) mass is 283 g/mol. The van der Waals surface area contributed by atoms with Gasteiger partial charge in [0.15, 0.2) is 0 Å². The number of aryl methyl sites for hydroxylation is 1. The molecule has 0 aliphatic carbocycles. The number of hydrogen-bond acceptors (Lipinski definition) is 4. The van der Waals surface area contributed by atoms with Gasteiger partial charge in [-0.25, -0.2) is 13.6 Å². The molecule has 19 heavy (non-hydrogen) atoms. The fourth-order valence-electron chi connectivity index (χ4n) is 1.48. The minimum atomic E-state index is -0.741. The molecule has 1 aromatic heterocycles. The molecule has 2 rings (SSSR count). The van der Waals surface area contributed by atoms with Gasteiger partial charge >= 0.3 is 5.97 Å². The first-order valence-corrected chi connectivity index (χ1v) is 6.26. The average molecular weight is 283 g/mol. The quantitative estimate of drug-likeness (QED) is 0.879. The van der Waals surface area contributed by atoms with Crippen molar-refractivity contribution in [2.75, 3.05) is 5.73 Å². The van der Waals surface area contributed by atoms with Crippen LogP contribution in [0.15, 0.2) is 24.3 Å². The van der Waals surface area contributed by atoms with Gasteiger partial charge in [-0.3, -0.25) is 0 Å². The van der Waals surface area contributed by atoms with Crippen molar-refractivity contribution in [3.63, 3.8) is 0 Å². The Bertz CT molecular complexity index is 585. The molecular weight excluding hydrogens is 272 g/mol. The highest BCUT2D eigenvalue weighted by Gasteiger charge is 2.15. The molecule has 0 saturated carbocycles. The highest BCUT2D eigenvalue weighted by Crippen LogP contribution is 2.24. The number of ether oxygens (including phenoxy) is 1. The third-order valence-corrected chi connectivity index (χ3v) is 3.61. The van der Waals surface area contributed by atoms with Crippen LogP contribution in [0.25, 0.3) is 0 Å². The summed E-state index contributed by atoms with van der Waals surface area (Å²) in [6.45, 7) is 1.32. The largest absolute Gasteiger partial charge is 0.456 e. The van der Waals surface area contributed by atoms with Crippen molar-refractivity contribution in [1.29, 1.82) is 0 Å². The number of benzene rings is 1. The molecule has 2 aromatic rings. The van der Waals surface area contributed by atoms with Crippen molar-refractivity contribution >= 4 is 23.0 Å². The van der Waals surface area contributed by atoms with Gasteiger partial charge in [-0.05, 0) is 25.1 Å². The molecule has 0 saturated heterocycles. The second-order valence-corrected chi connectivity index (χ2v) is 5.15. The van der Waals surface area contributed by atoms with Gasteiger partial charge in [0, 0.05) is 10.6 Å². The summed E-state index contributed by atoms with van der Waals surface area (Å²) < 4.78 is 31.5. The van der Waals surface area contributed by atoms with Crippen LogP contribution in [0.1, 0.15) is 20.1 Å². The van der Waals surface area contributed by atoms with E-state index in [4.69, 9.17) is 10.5 Å². The molecule has 0 spiro atoms. The van der Waals surface area contributed by atoms with Gasteiger partial charge in [-0.1, -0.05) is 6.07 Å². The lowest BCUT2D eigenvalue weighted by Gasteiger charge is -2.05. The molecule has 0 atom stereocenters. The molecule has 0 amide bonds. The lowest BCUT2D eigenvalue weighted by Crippen LogP contribution is -2.06. The van der Waals surface area contributed by atoms with E-state index in [2.05, 4.69) is 0 Å². The predicted molar refractivity (Wildman–Crippen MR) is 68.9 cm³/mol. The molecular formula is C13H11F2NO2S. The van der Waals surface area contributed by atoms with Gasteiger partial charge in [0.2, 0.25) is 0 Å². The zero-order valence-electron chi connectivity index (χ0n) is 10.1. The first-order valence-electron chi connectivity index (χ1n) is 5.45. The number of esters is 1. The van der Waals surface area contributed by atoms with Crippen LogP contribution >= 0.6 is 11.3 Å². The van der Waals surface area contributed by atoms with Crippen molar-refractivity contribution in [1.82, 2.24) is 0 Å². The van der Waals surface area contributed by atoms with Crippen molar-refractivity contribution in [3.05, 3.63) is 51.2 Å². The minimum Gasteiger partial charge on any atom is -0.456 e. The number of rotatable bonds is 3. The van der Waals surface area contributed by atoms with E-state index in [9.17, 15) is 13.6 Å². The molecule has 0 bridgehead atoms. The van der Waals surface area contributed by atoms with Gasteiger partial charge < -0.3 is 10.5 Å². The fraction of sp³-hybridized carbons (Fsp3) is 0.154. The first kappa shape index (κ1) is 13.5. The smallest absolute Gasteiger partial charge is 0.348 e. The Morgan fingerprint density at radius 2 is 2.00 bits per heavy atom. The van der Waals surface area contributed by atoms with E-state index in [1.807, 2.05) is 0 Å². The number of halogens is 2. The third kappa shape index (κ3) is 2.90. The van der Waals surface area contributed by atoms with Crippen molar-refractivity contribution in [2.24, 2.45) is 0 Å². The van der Waals surface area contributed by atoms with Crippen LogP contribution in [-0.4, -0.2) is 5.97 Å². The van der Waals surface area contributed by atoms with Crippen LogP contribution in [0.3, 0.4) is 0 Å². The van der Waals surface area contributed by atoms with Gasteiger partial charge in [-0.2, -0.15) is 0 Å². The van der Waals surface area contributed by atoms with E-state index in [0.717, 1.165) is 17.0 Å². The number of carbonyl (C=O) groups is 1. The number of nitrogen functional groups attached to an aromatic ring is 1. The van der Waals surface area contributed by atoms with Gasteiger partial charge in [0.25, 0.3) is 0 Å². The summed E-state index contributed by atoms with van der Waals surface area (Å²) in [4.78, 5) is 12.8. The molecule has 0 aliphatic rings. The Labute approximate surface area is 112 Å². The summed E-state index contributed by atoms with van der Waals surface area (Å²) in [6.07, 6.45) is 0. The van der Waals surface area contributed by atoms with Crippen LogP contribution in [0.5, 0.6) is 0 Å². The highest BCUT2D eigenvalue weighted by molar-refractivity contribution is 7.14. The van der Waals surface area contributed by atoms with E-state index in [1.54, 1.807) is 6.92 Å². The SMILES string of the molecule is Cc1sc(C(=O)OCc2c(F)cccc2F)cc1N. The van der Waals surface area contributed by atoms with Gasteiger partial charge in [0.05, 0.1) is 5.56 Å². The maximum Gasteiger partial charge on any atom is 0.348 e. The Kier molecular flexibility index (Phi) is 3.80. The van der Waals surface area contributed by atoms with E-state index in [0.29, 0.717) is 10.6 Å². The Morgan fingerprint density at radius 1 is 1.37 bits per heavy atom. The number of anilines is 1. The predicted octanol–water partition coefficient (Wildman–Crippen LogP) is 3.27. The van der Waals surface area contributed by atoms with E-state index < -0.39 is 24.2 Å². The molecule has 2 N–H and O–H groups in total. The zero-order chi connectivity index (χ0) is 14.0. The van der Waals surface area contributed by atoms with E-state index in [1.165, 1.54) is 23.5 Å². The van der Waals surface area contributed by atoms with E-state index in [-0.39, 0.29) is 5.56 Å². The molecule has 100 valence electrons. The summed E-state index contributed by atoms with van der Waals surface area (Å²) in [5.74, 6) is -2.13. The topological polar surface area (TPSA) is 52.3 Å². The number of thiophene rings is 1. The molecule has 0 unspecified atom stereocenters. The number of hydrogen-bond donors (Lipinski definition) is 1. The number of carbonyl (C=O) groups excluding carboxylic acids is 1. The lowest BCUT2D eigenvalue weighted by molar-refractivity contribution is 0.0470. The molecule has 0 fully saturated rings. The van der Waals surface area contributed by atoms with Crippen LogP contribution in [0.2, 0.25) is 0 Å². The maximum absolute atomic E-state index is 13.3. The molecule has 0 radical (unpaired) electrons. The zero-order valence-corrected chi connectivity index (χ0v) is 10.9. The van der Waals surface area contributed by atoms with Gasteiger partial charge in [0.1, 0.15) is 23.1 Å². The average Bonchev–Trinajstić information content (AvgIpc) is 2.69. The lowest BCUT2D eigenvalue weighted by atomic mass is 10.2. The fourth-order valence-corrected chi connectivity index (χ4v) is 2.31. The summed E-state index contributed by atoms with van der Waals surface area (Å²) in [6, 6.07) is 4.96. The van der Waals surface area contributed by atoms with Crippen molar-refractivity contribution in [3.8, 4) is 0 Å². The van der Waals surface area contributed by atoms with Crippen LogP contribution in [-0.2, 0) is 11.3 Å². The number of nitrogens with two attached hydrogens (primary N) is 1. The summed E-state index contributed by atoms with van der Waals surface area (Å²) in [5, 5.41) is 0. The first-order chi connectivity index (χ1) is 8.99.